The van der Waals surface area contributed by atoms with Crippen LogP contribution in [-0.4, -0.2) is 38.3 Å². The summed E-state index contributed by atoms with van der Waals surface area (Å²) >= 11 is 12.5. The Hall–Kier alpha value is -4.11. The Balaban J connectivity index is 1.45. The van der Waals surface area contributed by atoms with Crippen LogP contribution in [0.15, 0.2) is 79.0 Å². The van der Waals surface area contributed by atoms with Gasteiger partial charge in [0.15, 0.2) is 0 Å². The van der Waals surface area contributed by atoms with Gasteiger partial charge >= 0.3 is 0 Å². The maximum Gasteiger partial charge on any atom is 0.268 e. The highest BCUT2D eigenvalue weighted by molar-refractivity contribution is 6.31. The molecule has 0 aliphatic carbocycles. The van der Waals surface area contributed by atoms with E-state index in [1.807, 2.05) is 83.7 Å². The third-order valence-corrected chi connectivity index (χ3v) is 7.86. The SMILES string of the molecule is O=C(CCCCCCCNC(=O)c1[nH]c2cc(Cl)ccc2c1-c1c(Cc2ccc(Cl)cc2)cnn1-c1ccccc1)NO. The molecule has 4 N–H and O–H groups in total. The van der Waals surface area contributed by atoms with Crippen molar-refractivity contribution in [2.24, 2.45) is 0 Å². The van der Waals surface area contributed by atoms with E-state index in [0.717, 1.165) is 64.7 Å². The number of nitrogens with one attached hydrogen (secondary N) is 3. The van der Waals surface area contributed by atoms with Crippen molar-refractivity contribution < 1.29 is 14.8 Å². The van der Waals surface area contributed by atoms with E-state index in [1.54, 1.807) is 5.48 Å². The zero-order chi connectivity index (χ0) is 30.2. The van der Waals surface area contributed by atoms with E-state index in [0.29, 0.717) is 41.5 Å². The number of carbonyl (C=O) groups is 2. The lowest BCUT2D eigenvalue weighted by Gasteiger charge is -2.13. The topological polar surface area (TPSA) is 112 Å². The number of halogens is 2. The van der Waals surface area contributed by atoms with Crippen LogP contribution >= 0.6 is 23.2 Å². The minimum Gasteiger partial charge on any atom is -0.351 e. The standard InChI is InChI=1S/C33H33Cl2N5O3/c34-24-14-12-22(13-15-24)19-23-21-37-40(26-9-5-4-6-10-26)32(23)30-27-17-16-25(35)20-28(27)38-31(30)33(42)36-18-8-3-1-2-7-11-29(41)39-43/h4-6,9-10,12-17,20-21,38,43H,1-3,7-8,11,18-19H2,(H,36,42)(H,39,41). The number of aromatic amines is 1. The predicted molar refractivity (Wildman–Crippen MR) is 170 cm³/mol. The molecule has 2 heterocycles. The zero-order valence-corrected chi connectivity index (χ0v) is 25.1. The van der Waals surface area contributed by atoms with Crippen LogP contribution in [0.4, 0.5) is 0 Å². The zero-order valence-electron chi connectivity index (χ0n) is 23.6. The summed E-state index contributed by atoms with van der Waals surface area (Å²) in [6.45, 7) is 0.515. The number of fused-ring (bicyclic) bond motifs is 1. The quantitative estimate of drug-likeness (QED) is 0.0622. The highest BCUT2D eigenvalue weighted by Gasteiger charge is 2.25. The molecule has 0 atom stereocenters. The molecule has 0 aliphatic rings. The van der Waals surface area contributed by atoms with Crippen LogP contribution in [0.3, 0.4) is 0 Å². The van der Waals surface area contributed by atoms with Crippen molar-refractivity contribution in [2.45, 2.75) is 44.9 Å². The first kappa shape index (κ1) is 30.4. The van der Waals surface area contributed by atoms with Crippen molar-refractivity contribution in [1.82, 2.24) is 25.6 Å². The Bertz CT molecular complexity index is 1700. The molecule has 10 heteroatoms. The van der Waals surface area contributed by atoms with Gasteiger partial charge in [-0.1, -0.05) is 78.9 Å². The average molecular weight is 619 g/mol. The molecule has 3 aromatic carbocycles. The van der Waals surface area contributed by atoms with Crippen LogP contribution in [0.25, 0.3) is 27.8 Å². The van der Waals surface area contributed by atoms with Crippen molar-refractivity contribution in [3.8, 4) is 16.9 Å². The van der Waals surface area contributed by atoms with E-state index >= 15 is 0 Å². The predicted octanol–water partition coefficient (Wildman–Crippen LogP) is 7.49. The van der Waals surface area contributed by atoms with Gasteiger partial charge in [0.05, 0.1) is 17.6 Å². The fraction of sp³-hybridized carbons (Fsp3) is 0.242. The van der Waals surface area contributed by atoms with E-state index in [-0.39, 0.29) is 11.8 Å². The van der Waals surface area contributed by atoms with Crippen LogP contribution in [0.5, 0.6) is 0 Å². The maximum atomic E-state index is 13.7. The number of benzene rings is 3. The van der Waals surface area contributed by atoms with Gasteiger partial charge in [-0.25, -0.2) is 10.2 Å². The molecule has 0 saturated heterocycles. The maximum absolute atomic E-state index is 13.7. The van der Waals surface area contributed by atoms with Gasteiger partial charge in [-0.05, 0) is 54.8 Å². The van der Waals surface area contributed by atoms with Crippen molar-refractivity contribution in [1.29, 1.82) is 0 Å². The number of unbranched alkanes of at least 4 members (excludes halogenated alkanes) is 4. The number of hydroxylamine groups is 1. The monoisotopic (exact) mass is 617 g/mol. The molecule has 0 bridgehead atoms. The van der Waals surface area contributed by atoms with Gasteiger partial charge in [0.25, 0.3) is 5.91 Å². The van der Waals surface area contributed by atoms with Crippen molar-refractivity contribution in [3.05, 3.63) is 106 Å². The Morgan fingerprint density at radius 2 is 1.60 bits per heavy atom. The lowest BCUT2D eigenvalue weighted by molar-refractivity contribution is -0.129. The molecule has 222 valence electrons. The number of aromatic nitrogens is 3. The van der Waals surface area contributed by atoms with Gasteiger partial charge < -0.3 is 10.3 Å². The van der Waals surface area contributed by atoms with Gasteiger partial charge in [0.1, 0.15) is 5.69 Å². The third kappa shape index (κ3) is 7.46. The first-order chi connectivity index (χ1) is 20.9. The van der Waals surface area contributed by atoms with Crippen LogP contribution < -0.4 is 10.8 Å². The van der Waals surface area contributed by atoms with Crippen LogP contribution in [0.1, 0.15) is 60.1 Å². The molecule has 5 aromatic rings. The number of hydrogen-bond acceptors (Lipinski definition) is 4. The molecule has 0 fully saturated rings. The summed E-state index contributed by atoms with van der Waals surface area (Å²) in [5, 5.41) is 18.6. The molecule has 0 radical (unpaired) electrons. The van der Waals surface area contributed by atoms with Crippen LogP contribution in [-0.2, 0) is 11.2 Å². The Morgan fingerprint density at radius 1 is 0.884 bits per heavy atom. The lowest BCUT2D eigenvalue weighted by atomic mass is 9.98. The minimum absolute atomic E-state index is 0.208. The number of nitrogens with zero attached hydrogens (tertiary/aromatic N) is 2. The molecule has 0 aliphatic heterocycles. The number of carbonyl (C=O) groups excluding carboxylic acids is 2. The Kier molecular flexibility index (Phi) is 10.1. The molecule has 5 rings (SSSR count). The molecule has 8 nitrogen and oxygen atoms in total. The van der Waals surface area contributed by atoms with Gasteiger partial charge in [0, 0.05) is 51.5 Å². The van der Waals surface area contributed by atoms with E-state index in [4.69, 9.17) is 33.5 Å². The summed E-state index contributed by atoms with van der Waals surface area (Å²) in [6.07, 6.45) is 7.03. The first-order valence-corrected chi connectivity index (χ1v) is 15.1. The van der Waals surface area contributed by atoms with Gasteiger partial charge in [-0.15, -0.1) is 0 Å². The summed E-state index contributed by atoms with van der Waals surface area (Å²) < 4.78 is 1.89. The second-order valence-corrected chi connectivity index (χ2v) is 11.3. The molecule has 43 heavy (non-hydrogen) atoms. The van der Waals surface area contributed by atoms with Gasteiger partial charge in [0.2, 0.25) is 5.91 Å². The molecule has 0 saturated carbocycles. The number of rotatable bonds is 13. The third-order valence-electron chi connectivity index (χ3n) is 7.37. The van der Waals surface area contributed by atoms with Crippen molar-refractivity contribution >= 4 is 45.9 Å². The smallest absolute Gasteiger partial charge is 0.268 e. The molecular weight excluding hydrogens is 585 g/mol. The highest BCUT2D eigenvalue weighted by atomic mass is 35.5. The molecule has 2 amide bonds. The summed E-state index contributed by atoms with van der Waals surface area (Å²) in [6, 6.07) is 23.2. The summed E-state index contributed by atoms with van der Waals surface area (Å²) in [5.41, 5.74) is 7.37. The normalized spacial score (nSPS) is 11.1. The summed E-state index contributed by atoms with van der Waals surface area (Å²) in [4.78, 5) is 28.2. The molecule has 2 aromatic heterocycles. The fourth-order valence-electron chi connectivity index (χ4n) is 5.24. The van der Waals surface area contributed by atoms with E-state index < -0.39 is 0 Å². The van der Waals surface area contributed by atoms with Crippen LogP contribution in [0.2, 0.25) is 10.0 Å². The van der Waals surface area contributed by atoms with Gasteiger partial charge in [-0.3, -0.25) is 14.8 Å². The van der Waals surface area contributed by atoms with Crippen LogP contribution in [0, 0.1) is 0 Å². The van der Waals surface area contributed by atoms with E-state index in [1.165, 1.54) is 0 Å². The second kappa shape index (κ2) is 14.4. The number of amides is 2. The summed E-state index contributed by atoms with van der Waals surface area (Å²) in [5.74, 6) is -0.576. The largest absolute Gasteiger partial charge is 0.351 e. The van der Waals surface area contributed by atoms with Crippen molar-refractivity contribution in [3.63, 3.8) is 0 Å². The van der Waals surface area contributed by atoms with E-state index in [2.05, 4.69) is 10.3 Å². The van der Waals surface area contributed by atoms with Crippen molar-refractivity contribution in [2.75, 3.05) is 6.54 Å². The molecular formula is C33H33Cl2N5O3. The molecule has 0 unspecified atom stereocenters. The minimum atomic E-state index is -0.368. The first-order valence-electron chi connectivity index (χ1n) is 14.3. The number of H-pyrrole nitrogens is 1. The number of para-hydroxylation sites is 1. The summed E-state index contributed by atoms with van der Waals surface area (Å²) in [7, 11) is 0. The Labute approximate surface area is 260 Å². The Morgan fingerprint density at radius 3 is 2.37 bits per heavy atom. The molecule has 0 spiro atoms. The number of hydrogen-bond donors (Lipinski definition) is 4. The average Bonchev–Trinajstić information content (AvgIpc) is 3.60. The van der Waals surface area contributed by atoms with E-state index in [9.17, 15) is 9.59 Å². The highest BCUT2D eigenvalue weighted by Crippen LogP contribution is 2.38. The fourth-order valence-corrected chi connectivity index (χ4v) is 5.54. The second-order valence-electron chi connectivity index (χ2n) is 10.4. The lowest BCUT2D eigenvalue weighted by Crippen LogP contribution is -2.25. The van der Waals surface area contributed by atoms with Gasteiger partial charge in [-0.2, -0.15) is 5.10 Å².